The molecule has 1 saturated heterocycles. The molecule has 0 N–H and O–H groups in total. The largest absolute Gasteiger partial charge is 0.509 e. The van der Waals surface area contributed by atoms with Gasteiger partial charge in [0.05, 0.1) is 5.69 Å². The summed E-state index contributed by atoms with van der Waals surface area (Å²) in [5.41, 5.74) is 12.3. The molecule has 4 heterocycles. The number of hydrogen-bond acceptors (Lipinski definition) is 2. The van der Waals surface area contributed by atoms with Gasteiger partial charge in [-0.15, -0.1) is 35.2 Å². The predicted molar refractivity (Wildman–Crippen MR) is 231 cm³/mol. The number of rotatable bonds is 6. The average Bonchev–Trinajstić information content (AvgIpc) is 3.68. The topological polar surface area (TPSA) is 27.1 Å². The summed E-state index contributed by atoms with van der Waals surface area (Å²) in [7, 11) is 0. The molecule has 57 heavy (non-hydrogen) atoms. The minimum absolute atomic E-state index is 0. The number of aromatic nitrogens is 2. The average molecular weight is 931 g/mol. The van der Waals surface area contributed by atoms with Crippen molar-refractivity contribution in [2.24, 2.45) is 0 Å². The van der Waals surface area contributed by atoms with E-state index in [4.69, 9.17) is 9.72 Å². The van der Waals surface area contributed by atoms with Gasteiger partial charge in [-0.1, -0.05) is 109 Å². The molecule has 1 unspecified atom stereocenters. The third kappa shape index (κ3) is 5.87. The zero-order chi connectivity index (χ0) is 38.6. The molecule has 3 aliphatic rings. The molecule has 0 amide bonds. The first-order valence-corrected chi connectivity index (χ1v) is 20.4. The van der Waals surface area contributed by atoms with Crippen molar-refractivity contribution in [3.8, 4) is 17.3 Å². The monoisotopic (exact) mass is 930 g/mol. The summed E-state index contributed by atoms with van der Waals surface area (Å²) in [5.74, 6) is 2.89. The van der Waals surface area contributed by atoms with Crippen LogP contribution in [0.25, 0.3) is 27.6 Å². The molecule has 10 rings (SSSR count). The van der Waals surface area contributed by atoms with E-state index in [0.29, 0.717) is 26.6 Å². The van der Waals surface area contributed by atoms with Crippen LogP contribution in [0, 0.1) is 25.7 Å². The predicted octanol–water partition coefficient (Wildman–Crippen LogP) is 13.9. The van der Waals surface area contributed by atoms with Gasteiger partial charge >= 0.3 is 0 Å². The minimum Gasteiger partial charge on any atom is -0.509 e. The van der Waals surface area contributed by atoms with Crippen LogP contribution >= 0.6 is 0 Å². The van der Waals surface area contributed by atoms with Crippen molar-refractivity contribution in [2.45, 2.75) is 97.3 Å². The van der Waals surface area contributed by atoms with Crippen LogP contribution in [0.15, 0.2) is 109 Å². The van der Waals surface area contributed by atoms with E-state index in [1.54, 1.807) is 0 Å². The summed E-state index contributed by atoms with van der Waals surface area (Å²) in [5, 5.41) is 2.28. The second-order valence-electron chi connectivity index (χ2n) is 18.4. The summed E-state index contributed by atoms with van der Waals surface area (Å²) in [4.78, 5) is 4.88. The summed E-state index contributed by atoms with van der Waals surface area (Å²) < 4.78 is 10.3. The van der Waals surface area contributed by atoms with Gasteiger partial charge in [-0.25, -0.2) is 9.58 Å². The van der Waals surface area contributed by atoms with Gasteiger partial charge in [0.2, 0.25) is 11.4 Å². The Morgan fingerprint density at radius 1 is 0.702 bits per heavy atom. The van der Waals surface area contributed by atoms with E-state index in [2.05, 4.69) is 169 Å². The molecule has 1 saturated carbocycles. The molecule has 2 aliphatic heterocycles. The molecule has 2 fully saturated rings. The van der Waals surface area contributed by atoms with Crippen LogP contribution in [0.2, 0.25) is 0 Å². The van der Waals surface area contributed by atoms with Crippen molar-refractivity contribution in [1.82, 2.24) is 18.7 Å². The molecule has 5 aromatic carbocycles. The number of para-hydroxylation sites is 3. The summed E-state index contributed by atoms with van der Waals surface area (Å²) in [6, 6.07) is 45.3. The zero-order valence-corrected chi connectivity index (χ0v) is 36.4. The van der Waals surface area contributed by atoms with E-state index in [9.17, 15) is 0 Å². The Hall–Kier alpha value is -4.54. The number of fused-ring (bicyclic) bond motifs is 7. The first-order valence-electron chi connectivity index (χ1n) is 20.4. The van der Waals surface area contributed by atoms with Gasteiger partial charge in [0.1, 0.15) is 5.82 Å². The van der Waals surface area contributed by atoms with Crippen LogP contribution in [0.1, 0.15) is 102 Å². The molecule has 2 atom stereocenters. The normalized spacial score (nSPS) is 20.4. The zero-order valence-electron chi connectivity index (χ0n) is 34.1. The van der Waals surface area contributed by atoms with Gasteiger partial charge in [0.15, 0.2) is 12.4 Å². The maximum absolute atomic E-state index is 6.86. The van der Waals surface area contributed by atoms with Crippen LogP contribution < -0.4 is 13.9 Å². The Balaban J connectivity index is 0.00000422. The van der Waals surface area contributed by atoms with Crippen molar-refractivity contribution < 1.29 is 25.8 Å². The van der Waals surface area contributed by atoms with Crippen LogP contribution in [0.5, 0.6) is 11.5 Å². The second-order valence-corrected chi connectivity index (χ2v) is 18.4. The van der Waals surface area contributed by atoms with Crippen molar-refractivity contribution in [3.05, 3.63) is 150 Å². The maximum atomic E-state index is 6.86. The summed E-state index contributed by atoms with van der Waals surface area (Å²) in [6.45, 7) is 18.3. The van der Waals surface area contributed by atoms with Gasteiger partial charge in [0.25, 0.3) is 0 Å². The van der Waals surface area contributed by atoms with Crippen LogP contribution in [-0.2, 0) is 31.9 Å². The van der Waals surface area contributed by atoms with E-state index in [0.717, 1.165) is 33.3 Å². The van der Waals surface area contributed by atoms with E-state index in [-0.39, 0.29) is 31.9 Å². The van der Waals surface area contributed by atoms with Crippen LogP contribution in [0.4, 0.5) is 22.7 Å². The Morgan fingerprint density at radius 3 is 2.16 bits per heavy atom. The number of pyridine rings is 1. The Morgan fingerprint density at radius 2 is 1.42 bits per heavy atom. The SMILES string of the molecule is Cc1cc([N@+]23[CH-][N+]2(c2[c-]c(Oc4[c-]c5c(cc4)c4ccccc4n5-c4cc(C(C)(C)C)ccn4)cc(C(C)(C)C)c2)c2ccccc23)ccc1C1CCCCC1.[Pt]. The fourth-order valence-corrected chi connectivity index (χ4v) is 9.67. The molecule has 0 spiro atoms. The fraction of sp³-hybridized carbons (Fsp3) is 0.294. The number of aryl methyl sites for hydroxylation is 1. The molecular formula is C51H51N4OPt-. The van der Waals surface area contributed by atoms with E-state index < -0.39 is 0 Å². The summed E-state index contributed by atoms with van der Waals surface area (Å²) in [6.07, 6.45) is 8.59. The molecule has 292 valence electrons. The van der Waals surface area contributed by atoms with Crippen molar-refractivity contribution in [2.75, 3.05) is 0 Å². The molecule has 6 heteroatoms. The van der Waals surface area contributed by atoms with Gasteiger partial charge in [-0.05, 0) is 76.8 Å². The van der Waals surface area contributed by atoms with Gasteiger partial charge in [-0.3, -0.25) is 0 Å². The number of ether oxygens (including phenoxy) is 1. The van der Waals surface area contributed by atoms with E-state index >= 15 is 0 Å². The summed E-state index contributed by atoms with van der Waals surface area (Å²) >= 11 is 0. The standard InChI is InChI=1S/C51H51N4O.Pt/c1-34-27-38(21-23-42(34)35-15-9-8-10-16-35)54-33-55(54,48-20-14-13-19-47(48)54)39-28-37(51(5,6)7)29-41(31-39)56-40-22-24-44-43-17-11-12-18-45(43)53(46(44)32-40)49-30-36(25-26-52-49)50(2,3)4;/h11-14,17-30,33,35H,8-10,15-16H2,1-7H3;/q-1;/t54-,55?;/m0./s1. The molecule has 1 aliphatic carbocycles. The molecule has 0 radical (unpaired) electrons. The number of hydrogen-bond donors (Lipinski definition) is 0. The number of nitrogens with zero attached hydrogens (tertiary/aromatic N) is 4. The first kappa shape index (κ1) is 38.0. The van der Waals surface area contributed by atoms with Gasteiger partial charge in [-0.2, -0.15) is 10.7 Å². The van der Waals surface area contributed by atoms with Crippen molar-refractivity contribution in [1.29, 1.82) is 0 Å². The molecule has 2 aromatic heterocycles. The quantitative estimate of drug-likeness (QED) is 0.0944. The Labute approximate surface area is 352 Å². The van der Waals surface area contributed by atoms with Gasteiger partial charge in [0, 0.05) is 68.5 Å². The van der Waals surface area contributed by atoms with Gasteiger partial charge < -0.3 is 9.30 Å². The second kappa shape index (κ2) is 13.5. The molecule has 0 bridgehead atoms. The first-order chi connectivity index (χ1) is 26.9. The third-order valence-corrected chi connectivity index (χ3v) is 12.8. The Kier molecular flexibility index (Phi) is 9.01. The number of quaternary nitrogens is 2. The number of benzene rings is 5. The molecule has 5 nitrogen and oxygen atoms in total. The van der Waals surface area contributed by atoms with Crippen molar-refractivity contribution in [3.63, 3.8) is 0 Å². The van der Waals surface area contributed by atoms with Crippen LogP contribution in [-0.4, -0.2) is 9.55 Å². The van der Waals surface area contributed by atoms with Crippen molar-refractivity contribution >= 4 is 44.6 Å². The van der Waals surface area contributed by atoms with Crippen LogP contribution in [0.3, 0.4) is 0 Å². The smallest absolute Gasteiger partial charge is 0.225 e. The van der Waals surface area contributed by atoms with E-state index in [1.807, 2.05) is 12.3 Å². The molecule has 7 aromatic rings. The van der Waals surface area contributed by atoms with E-state index in [1.165, 1.54) is 71.4 Å². The maximum Gasteiger partial charge on any atom is 0.225 e. The minimum atomic E-state index is -0.113. The third-order valence-electron chi connectivity index (χ3n) is 12.8. The fourth-order valence-electron chi connectivity index (χ4n) is 9.67. The molecular weight excluding hydrogens is 880 g/mol. The Bertz CT molecular complexity index is 2690.